The number of aromatic amines is 2. The summed E-state index contributed by atoms with van der Waals surface area (Å²) in [7, 11) is 0. The number of allylic oxidation sites excluding steroid dienone is 3. The first kappa shape index (κ1) is 13.4. The molecular formula is C11H12N4O3S. The maximum absolute atomic E-state index is 11.5. The van der Waals surface area contributed by atoms with Crippen LogP contribution in [0, 0.1) is 4.77 Å². The zero-order chi connectivity index (χ0) is 13.8. The molecule has 0 fully saturated rings. The maximum Gasteiger partial charge on any atom is 0.250 e. The number of nitrogens with one attached hydrogen (secondary N) is 3. The van der Waals surface area contributed by atoms with Crippen LogP contribution in [0.25, 0.3) is 0 Å². The highest BCUT2D eigenvalue weighted by Gasteiger charge is 2.14. The Morgan fingerprint density at radius 2 is 2.21 bits per heavy atom. The molecule has 0 saturated carbocycles. The summed E-state index contributed by atoms with van der Waals surface area (Å²) >= 11 is 4.74. The van der Waals surface area contributed by atoms with Gasteiger partial charge in [-0.05, 0) is 29.9 Å². The number of nitrogens with zero attached hydrogens (tertiary/aromatic N) is 1. The molecule has 1 aliphatic rings. The fourth-order valence-corrected chi connectivity index (χ4v) is 1.59. The molecule has 0 bridgehead atoms. The van der Waals surface area contributed by atoms with Crippen molar-refractivity contribution >= 4 is 24.1 Å². The van der Waals surface area contributed by atoms with E-state index in [1.807, 2.05) is 0 Å². The summed E-state index contributed by atoms with van der Waals surface area (Å²) in [5, 5.41) is 26.3. The Labute approximate surface area is 113 Å². The summed E-state index contributed by atoms with van der Waals surface area (Å²) < 4.78 is 0.245. The molecule has 0 radical (unpaired) electrons. The molecule has 19 heavy (non-hydrogen) atoms. The molecule has 7 nitrogen and oxygen atoms in total. The van der Waals surface area contributed by atoms with Crippen molar-refractivity contribution in [1.82, 2.24) is 15.2 Å². The fourth-order valence-electron chi connectivity index (χ4n) is 1.45. The maximum atomic E-state index is 11.5. The van der Waals surface area contributed by atoms with E-state index in [-0.39, 0.29) is 10.7 Å². The lowest BCUT2D eigenvalue weighted by Gasteiger charge is -2.15. The summed E-state index contributed by atoms with van der Waals surface area (Å²) in [5.74, 6) is -0.170. The van der Waals surface area contributed by atoms with Gasteiger partial charge in [0.05, 0.1) is 0 Å². The normalized spacial score (nSPS) is 22.5. The third kappa shape index (κ3) is 3.71. The molecule has 1 heterocycles. The molecule has 2 unspecified atom stereocenters. The van der Waals surface area contributed by atoms with Crippen molar-refractivity contribution in [1.29, 1.82) is 0 Å². The second-order valence-corrected chi connectivity index (χ2v) is 4.23. The first-order valence-corrected chi connectivity index (χ1v) is 5.85. The standard InChI is InChI=1S/C11H12N4O3S/c16-7-3-1-6(5-8(7)17)2-4-9(18)12-10-13-11(19)15-14-10/h1-5,7-8,16-17H,(H3,12,13,14,15,18,19). The number of carbonyl (C=O) groups is 1. The van der Waals surface area contributed by atoms with Gasteiger partial charge < -0.3 is 10.2 Å². The monoisotopic (exact) mass is 280 g/mol. The van der Waals surface area contributed by atoms with Crippen LogP contribution in [0.1, 0.15) is 0 Å². The quantitative estimate of drug-likeness (QED) is 0.400. The highest BCUT2D eigenvalue weighted by atomic mass is 32.1. The molecule has 100 valence electrons. The summed E-state index contributed by atoms with van der Waals surface area (Å²) in [5.41, 5.74) is 0.628. The van der Waals surface area contributed by atoms with Gasteiger partial charge >= 0.3 is 0 Å². The predicted molar refractivity (Wildman–Crippen MR) is 70.8 cm³/mol. The van der Waals surface area contributed by atoms with Gasteiger partial charge in [-0.2, -0.15) is 4.98 Å². The molecular weight excluding hydrogens is 268 g/mol. The topological polar surface area (TPSA) is 114 Å². The van der Waals surface area contributed by atoms with Crippen molar-refractivity contribution in [2.45, 2.75) is 12.2 Å². The lowest BCUT2D eigenvalue weighted by molar-refractivity contribution is -0.111. The van der Waals surface area contributed by atoms with Crippen molar-refractivity contribution in [3.8, 4) is 0 Å². The second-order valence-electron chi connectivity index (χ2n) is 3.85. The Kier molecular flexibility index (Phi) is 4.05. The molecule has 1 amide bonds. The van der Waals surface area contributed by atoms with Gasteiger partial charge in [0.2, 0.25) is 10.7 Å². The number of H-pyrrole nitrogens is 2. The summed E-state index contributed by atoms with van der Waals surface area (Å²) in [6, 6.07) is 0. The molecule has 0 saturated heterocycles. The first-order chi connectivity index (χ1) is 9.04. The Morgan fingerprint density at radius 3 is 2.84 bits per heavy atom. The number of aromatic nitrogens is 3. The van der Waals surface area contributed by atoms with E-state index in [0.29, 0.717) is 5.57 Å². The van der Waals surface area contributed by atoms with Gasteiger partial charge in [0.15, 0.2) is 0 Å². The van der Waals surface area contributed by atoms with Gasteiger partial charge in [-0.15, -0.1) is 0 Å². The number of hydrogen-bond donors (Lipinski definition) is 5. The minimum Gasteiger partial charge on any atom is -0.386 e. The van der Waals surface area contributed by atoms with Crippen molar-refractivity contribution in [2.24, 2.45) is 0 Å². The van der Waals surface area contributed by atoms with Gasteiger partial charge in [-0.1, -0.05) is 12.2 Å². The number of amides is 1. The van der Waals surface area contributed by atoms with E-state index in [1.165, 1.54) is 24.3 Å². The van der Waals surface area contributed by atoms with Crippen molar-refractivity contribution in [3.63, 3.8) is 0 Å². The number of hydrogen-bond acceptors (Lipinski definition) is 5. The Hall–Kier alpha value is -2.03. The number of rotatable bonds is 3. The first-order valence-electron chi connectivity index (χ1n) is 5.44. The van der Waals surface area contributed by atoms with Crippen LogP contribution in [-0.4, -0.2) is 43.5 Å². The van der Waals surface area contributed by atoms with Gasteiger partial charge in [0, 0.05) is 6.08 Å². The Morgan fingerprint density at radius 1 is 1.42 bits per heavy atom. The molecule has 2 rings (SSSR count). The predicted octanol–water partition coefficient (Wildman–Crippen LogP) is 0.180. The molecule has 1 aromatic rings. The highest BCUT2D eigenvalue weighted by molar-refractivity contribution is 7.71. The molecule has 0 aromatic carbocycles. The van der Waals surface area contributed by atoms with Crippen molar-refractivity contribution in [3.05, 3.63) is 40.7 Å². The Bertz CT molecular complexity index is 613. The van der Waals surface area contributed by atoms with Crippen LogP contribution in [0.2, 0.25) is 0 Å². The number of anilines is 1. The van der Waals surface area contributed by atoms with E-state index in [4.69, 9.17) is 12.2 Å². The number of aliphatic hydroxyl groups is 2. The minimum absolute atomic E-state index is 0.225. The second kappa shape index (κ2) is 5.74. The lowest BCUT2D eigenvalue weighted by Crippen LogP contribution is -2.23. The lowest BCUT2D eigenvalue weighted by atomic mass is 10.0. The van der Waals surface area contributed by atoms with E-state index in [2.05, 4.69) is 20.5 Å². The molecule has 8 heteroatoms. The van der Waals surface area contributed by atoms with E-state index >= 15 is 0 Å². The number of carbonyl (C=O) groups excluding carboxylic acids is 1. The van der Waals surface area contributed by atoms with E-state index in [1.54, 1.807) is 6.08 Å². The van der Waals surface area contributed by atoms with E-state index < -0.39 is 18.1 Å². The van der Waals surface area contributed by atoms with Crippen LogP contribution in [0.15, 0.2) is 36.0 Å². The van der Waals surface area contributed by atoms with Gasteiger partial charge in [-0.25, -0.2) is 0 Å². The smallest absolute Gasteiger partial charge is 0.250 e. The highest BCUT2D eigenvalue weighted by Crippen LogP contribution is 2.12. The van der Waals surface area contributed by atoms with Crippen LogP contribution in [0.4, 0.5) is 5.95 Å². The van der Waals surface area contributed by atoms with Crippen LogP contribution in [-0.2, 0) is 4.79 Å². The Balaban J connectivity index is 1.96. The van der Waals surface area contributed by atoms with E-state index in [0.717, 1.165) is 0 Å². The van der Waals surface area contributed by atoms with Crippen molar-refractivity contribution < 1.29 is 15.0 Å². The average molecular weight is 280 g/mol. The van der Waals surface area contributed by atoms with Crippen LogP contribution >= 0.6 is 12.2 Å². The third-order valence-corrected chi connectivity index (χ3v) is 2.56. The van der Waals surface area contributed by atoms with Crippen molar-refractivity contribution in [2.75, 3.05) is 5.32 Å². The zero-order valence-corrected chi connectivity index (χ0v) is 10.5. The SMILES string of the molecule is O=C(C=CC1=CC(O)C(O)C=C1)Nc1nc(=S)[nH][nH]1. The van der Waals surface area contributed by atoms with E-state index in [9.17, 15) is 15.0 Å². The van der Waals surface area contributed by atoms with Gasteiger partial charge in [0.25, 0.3) is 5.91 Å². The zero-order valence-electron chi connectivity index (χ0n) is 9.70. The minimum atomic E-state index is -0.963. The largest absolute Gasteiger partial charge is 0.386 e. The van der Waals surface area contributed by atoms with Gasteiger partial charge in [-0.3, -0.25) is 20.3 Å². The molecule has 1 aromatic heterocycles. The summed E-state index contributed by atoms with van der Waals surface area (Å²) in [6.07, 6.45) is 5.45. The molecule has 0 aliphatic heterocycles. The van der Waals surface area contributed by atoms with Crippen LogP contribution < -0.4 is 5.32 Å². The fraction of sp³-hybridized carbons (Fsp3) is 0.182. The number of aliphatic hydroxyl groups excluding tert-OH is 2. The molecule has 0 spiro atoms. The van der Waals surface area contributed by atoms with Crippen LogP contribution in [0.3, 0.4) is 0 Å². The molecule has 5 N–H and O–H groups in total. The third-order valence-electron chi connectivity index (χ3n) is 2.37. The van der Waals surface area contributed by atoms with Gasteiger partial charge in [0.1, 0.15) is 12.2 Å². The summed E-state index contributed by atoms with van der Waals surface area (Å²) in [6.45, 7) is 0. The average Bonchev–Trinajstić information content (AvgIpc) is 2.76. The summed E-state index contributed by atoms with van der Waals surface area (Å²) in [4.78, 5) is 15.3. The van der Waals surface area contributed by atoms with Crippen LogP contribution in [0.5, 0.6) is 0 Å². The molecule has 1 aliphatic carbocycles. The molecule has 2 atom stereocenters.